The second-order valence-electron chi connectivity index (χ2n) is 8.11. The van der Waals surface area contributed by atoms with Gasteiger partial charge in [-0.3, -0.25) is 9.59 Å². The minimum absolute atomic E-state index is 0.246. The van der Waals surface area contributed by atoms with E-state index < -0.39 is 5.91 Å². The van der Waals surface area contributed by atoms with Gasteiger partial charge in [-0.15, -0.1) is 11.3 Å². The number of primary amides is 1. The van der Waals surface area contributed by atoms with Gasteiger partial charge in [0.1, 0.15) is 5.00 Å². The first-order chi connectivity index (χ1) is 13.9. The summed E-state index contributed by atoms with van der Waals surface area (Å²) in [6.07, 6.45) is 8.58. The zero-order chi connectivity index (χ0) is 21.0. The first-order valence-electron chi connectivity index (χ1n) is 10.4. The van der Waals surface area contributed by atoms with Gasteiger partial charge in [0.05, 0.1) is 5.56 Å². The van der Waals surface area contributed by atoms with Crippen LogP contribution in [-0.4, -0.2) is 11.8 Å². The van der Waals surface area contributed by atoms with Gasteiger partial charge in [-0.2, -0.15) is 0 Å². The van der Waals surface area contributed by atoms with Gasteiger partial charge >= 0.3 is 0 Å². The molecule has 2 amide bonds. The summed E-state index contributed by atoms with van der Waals surface area (Å²) in [5, 5.41) is 3.48. The fourth-order valence-electron chi connectivity index (χ4n) is 3.98. The predicted octanol–water partition coefficient (Wildman–Crippen LogP) is 5.53. The Balaban J connectivity index is 1.73. The molecule has 0 bridgehead atoms. The van der Waals surface area contributed by atoms with Crippen molar-refractivity contribution < 1.29 is 9.59 Å². The number of hydrogen-bond acceptors (Lipinski definition) is 3. The molecule has 0 unspecified atom stereocenters. The first-order valence-corrected chi connectivity index (χ1v) is 11.2. The van der Waals surface area contributed by atoms with Gasteiger partial charge in [0, 0.05) is 11.0 Å². The van der Waals surface area contributed by atoms with Crippen LogP contribution in [0.4, 0.5) is 5.00 Å². The van der Waals surface area contributed by atoms with Crippen molar-refractivity contribution in [2.75, 3.05) is 5.32 Å². The SMILES string of the molecule is CCC[C@@H]1CCc2c(sc(NC(=O)/C=C/c3ccc(C(C)C)cc3)c2C(N)=O)C1. The van der Waals surface area contributed by atoms with Crippen LogP contribution in [0.15, 0.2) is 30.3 Å². The molecule has 0 saturated heterocycles. The third kappa shape index (κ3) is 5.15. The molecule has 1 aliphatic rings. The van der Waals surface area contributed by atoms with Crippen LogP contribution in [0.5, 0.6) is 0 Å². The van der Waals surface area contributed by atoms with Crippen molar-refractivity contribution >= 4 is 34.2 Å². The molecule has 1 aromatic carbocycles. The van der Waals surface area contributed by atoms with E-state index in [1.165, 1.54) is 40.7 Å². The van der Waals surface area contributed by atoms with Gasteiger partial charge in [-0.05, 0) is 53.9 Å². The van der Waals surface area contributed by atoms with Crippen molar-refractivity contribution in [3.63, 3.8) is 0 Å². The molecule has 1 aromatic heterocycles. The number of nitrogens with two attached hydrogens (primary N) is 1. The number of amides is 2. The lowest BCUT2D eigenvalue weighted by atomic mass is 9.84. The molecule has 29 heavy (non-hydrogen) atoms. The number of anilines is 1. The highest BCUT2D eigenvalue weighted by Gasteiger charge is 2.28. The Hall–Kier alpha value is -2.40. The van der Waals surface area contributed by atoms with Crippen molar-refractivity contribution in [1.82, 2.24) is 0 Å². The maximum atomic E-state index is 12.5. The quantitative estimate of drug-likeness (QED) is 0.589. The number of thiophene rings is 1. The van der Waals surface area contributed by atoms with Crippen molar-refractivity contribution in [1.29, 1.82) is 0 Å². The molecule has 0 aliphatic heterocycles. The summed E-state index contributed by atoms with van der Waals surface area (Å²) >= 11 is 1.51. The summed E-state index contributed by atoms with van der Waals surface area (Å²) in [4.78, 5) is 25.7. The van der Waals surface area contributed by atoms with Crippen LogP contribution in [0.1, 0.15) is 77.9 Å². The predicted molar refractivity (Wildman–Crippen MR) is 121 cm³/mol. The third-order valence-electron chi connectivity index (χ3n) is 5.58. The zero-order valence-electron chi connectivity index (χ0n) is 17.5. The van der Waals surface area contributed by atoms with E-state index in [0.717, 1.165) is 30.4 Å². The molecule has 0 fully saturated rings. The Bertz CT molecular complexity index is 910. The summed E-state index contributed by atoms with van der Waals surface area (Å²) in [7, 11) is 0. The number of benzene rings is 1. The van der Waals surface area contributed by atoms with E-state index in [-0.39, 0.29) is 5.91 Å². The molecule has 1 aliphatic carbocycles. The average molecular weight is 411 g/mol. The summed E-state index contributed by atoms with van der Waals surface area (Å²) in [6, 6.07) is 8.16. The number of carbonyl (C=O) groups is 2. The van der Waals surface area contributed by atoms with Crippen LogP contribution in [-0.2, 0) is 17.6 Å². The molecule has 4 nitrogen and oxygen atoms in total. The molecule has 0 radical (unpaired) electrons. The van der Waals surface area contributed by atoms with Crippen molar-refractivity contribution in [3.8, 4) is 0 Å². The highest BCUT2D eigenvalue weighted by atomic mass is 32.1. The number of nitrogens with one attached hydrogen (secondary N) is 1. The molecular weight excluding hydrogens is 380 g/mol. The zero-order valence-corrected chi connectivity index (χ0v) is 18.3. The van der Waals surface area contributed by atoms with Gasteiger partial charge in [0.2, 0.25) is 5.91 Å². The van der Waals surface area contributed by atoms with Gasteiger partial charge in [0.25, 0.3) is 5.91 Å². The average Bonchev–Trinajstić information content (AvgIpc) is 3.04. The van der Waals surface area contributed by atoms with Crippen LogP contribution in [0.2, 0.25) is 0 Å². The summed E-state index contributed by atoms with van der Waals surface area (Å²) in [5.41, 5.74) is 9.43. The smallest absolute Gasteiger partial charge is 0.251 e. The summed E-state index contributed by atoms with van der Waals surface area (Å²) in [6.45, 7) is 6.51. The molecule has 0 saturated carbocycles. The lowest BCUT2D eigenvalue weighted by Gasteiger charge is -2.21. The van der Waals surface area contributed by atoms with Crippen LogP contribution in [0, 0.1) is 5.92 Å². The second-order valence-corrected chi connectivity index (χ2v) is 9.22. The van der Waals surface area contributed by atoms with E-state index in [4.69, 9.17) is 5.73 Å². The maximum Gasteiger partial charge on any atom is 0.251 e. The molecule has 5 heteroatoms. The van der Waals surface area contributed by atoms with E-state index in [9.17, 15) is 9.59 Å². The van der Waals surface area contributed by atoms with E-state index in [1.54, 1.807) is 6.08 Å². The first kappa shape index (κ1) is 21.3. The number of carbonyl (C=O) groups excluding carboxylic acids is 2. The molecule has 3 N–H and O–H groups in total. The lowest BCUT2D eigenvalue weighted by molar-refractivity contribution is -0.111. The van der Waals surface area contributed by atoms with Crippen LogP contribution < -0.4 is 11.1 Å². The topological polar surface area (TPSA) is 72.2 Å². The number of hydrogen-bond donors (Lipinski definition) is 2. The maximum absolute atomic E-state index is 12.5. The molecule has 154 valence electrons. The normalized spacial score (nSPS) is 16.2. The largest absolute Gasteiger partial charge is 0.365 e. The van der Waals surface area contributed by atoms with Gasteiger partial charge in [0.15, 0.2) is 0 Å². The number of fused-ring (bicyclic) bond motifs is 1. The standard InChI is InChI=1S/C24H30N2O2S/c1-4-5-17-8-12-19-20(14-17)29-24(22(19)23(25)28)26-21(27)13-9-16-6-10-18(11-7-16)15(2)3/h6-7,9-11,13,15,17H,4-5,8,12,14H2,1-3H3,(H2,25,28)(H,26,27)/b13-9+/t17-/m1/s1. The summed E-state index contributed by atoms with van der Waals surface area (Å²) in [5.74, 6) is 0.429. The van der Waals surface area contributed by atoms with Crippen molar-refractivity contribution in [2.45, 2.75) is 58.8 Å². The van der Waals surface area contributed by atoms with Crippen LogP contribution in [0.25, 0.3) is 6.08 Å². The highest BCUT2D eigenvalue weighted by molar-refractivity contribution is 7.17. The second kappa shape index (κ2) is 9.40. The Kier molecular flexibility index (Phi) is 6.91. The molecule has 1 heterocycles. The molecule has 1 atom stereocenters. The fourth-order valence-corrected chi connectivity index (χ4v) is 5.35. The summed E-state index contributed by atoms with van der Waals surface area (Å²) < 4.78 is 0. The van der Waals surface area contributed by atoms with E-state index in [0.29, 0.717) is 22.4 Å². The minimum Gasteiger partial charge on any atom is -0.365 e. The number of rotatable bonds is 7. The fraction of sp³-hybridized carbons (Fsp3) is 0.417. The Morgan fingerprint density at radius 3 is 2.62 bits per heavy atom. The molecule has 0 spiro atoms. The Labute approximate surface area is 177 Å². The lowest BCUT2D eigenvalue weighted by Crippen LogP contribution is -2.19. The Morgan fingerprint density at radius 1 is 1.28 bits per heavy atom. The van der Waals surface area contributed by atoms with Crippen LogP contribution in [0.3, 0.4) is 0 Å². The van der Waals surface area contributed by atoms with Gasteiger partial charge in [-0.25, -0.2) is 0 Å². The van der Waals surface area contributed by atoms with Crippen LogP contribution >= 0.6 is 11.3 Å². The van der Waals surface area contributed by atoms with E-state index in [2.05, 4.69) is 38.2 Å². The van der Waals surface area contributed by atoms with E-state index >= 15 is 0 Å². The molecule has 2 aromatic rings. The van der Waals surface area contributed by atoms with Crippen molar-refractivity contribution in [3.05, 3.63) is 57.5 Å². The van der Waals surface area contributed by atoms with E-state index in [1.807, 2.05) is 12.1 Å². The molecular formula is C24H30N2O2S. The monoisotopic (exact) mass is 410 g/mol. The Morgan fingerprint density at radius 2 is 2.00 bits per heavy atom. The van der Waals surface area contributed by atoms with Gasteiger partial charge in [-0.1, -0.05) is 57.9 Å². The molecule has 3 rings (SSSR count). The third-order valence-corrected chi connectivity index (χ3v) is 6.75. The van der Waals surface area contributed by atoms with Gasteiger partial charge < -0.3 is 11.1 Å². The minimum atomic E-state index is -0.458. The van der Waals surface area contributed by atoms with Crippen molar-refractivity contribution in [2.24, 2.45) is 11.7 Å². The highest BCUT2D eigenvalue weighted by Crippen LogP contribution is 2.40.